The number of H-pyrrole nitrogens is 1. The van der Waals surface area contributed by atoms with Crippen LogP contribution in [-0.4, -0.2) is 43.0 Å². The molecule has 0 amide bonds. The number of hydrogen-bond donors (Lipinski definition) is 3. The molecule has 0 unspecified atom stereocenters. The van der Waals surface area contributed by atoms with Crippen LogP contribution in [0, 0.1) is 5.82 Å². The average Bonchev–Trinajstić information content (AvgIpc) is 3.48. The van der Waals surface area contributed by atoms with E-state index in [0.717, 1.165) is 53.0 Å². The molecular formula is C24H29FN8S. The SMILES string of the molecule is C=Cc1nc(CCNCCc2nc3c(NCc4ncccc4F)ncnc3s2)[nH]c1C=C.CC. The van der Waals surface area contributed by atoms with Gasteiger partial charge in [0.25, 0.3) is 0 Å². The third-order valence-corrected chi connectivity index (χ3v) is 5.78. The van der Waals surface area contributed by atoms with Crippen LogP contribution in [0.2, 0.25) is 0 Å². The lowest BCUT2D eigenvalue weighted by Gasteiger charge is -2.05. The summed E-state index contributed by atoms with van der Waals surface area (Å²) in [6.07, 6.45) is 8.05. The molecule has 4 rings (SSSR count). The predicted octanol–water partition coefficient (Wildman–Crippen LogP) is 4.64. The summed E-state index contributed by atoms with van der Waals surface area (Å²) in [4.78, 5) is 25.8. The van der Waals surface area contributed by atoms with Crippen molar-refractivity contribution < 1.29 is 4.39 Å². The summed E-state index contributed by atoms with van der Waals surface area (Å²) in [5.74, 6) is 1.12. The third kappa shape index (κ3) is 6.30. The number of nitrogens with zero attached hydrogens (tertiary/aromatic N) is 5. The van der Waals surface area contributed by atoms with E-state index in [9.17, 15) is 4.39 Å². The van der Waals surface area contributed by atoms with Crippen LogP contribution >= 0.6 is 11.3 Å². The Morgan fingerprint density at radius 1 is 1.09 bits per heavy atom. The first kappa shape index (κ1) is 25.1. The topological polar surface area (TPSA) is 104 Å². The first-order chi connectivity index (χ1) is 16.7. The Balaban J connectivity index is 0.00000158. The Bertz CT molecular complexity index is 1210. The maximum atomic E-state index is 13.8. The van der Waals surface area contributed by atoms with Crippen LogP contribution in [0.5, 0.6) is 0 Å². The lowest BCUT2D eigenvalue weighted by molar-refractivity contribution is 0.602. The summed E-state index contributed by atoms with van der Waals surface area (Å²) in [5, 5.41) is 7.49. The van der Waals surface area contributed by atoms with Crippen molar-refractivity contribution >= 4 is 39.7 Å². The number of halogens is 1. The number of pyridine rings is 1. The molecule has 4 aromatic rings. The van der Waals surface area contributed by atoms with E-state index >= 15 is 0 Å². The van der Waals surface area contributed by atoms with Gasteiger partial charge in [-0.3, -0.25) is 4.98 Å². The van der Waals surface area contributed by atoms with Gasteiger partial charge in [-0.15, -0.1) is 0 Å². The monoisotopic (exact) mass is 480 g/mol. The fourth-order valence-electron chi connectivity index (χ4n) is 3.16. The summed E-state index contributed by atoms with van der Waals surface area (Å²) < 4.78 is 13.8. The van der Waals surface area contributed by atoms with Crippen molar-refractivity contribution in [3.63, 3.8) is 0 Å². The molecule has 4 heterocycles. The Hall–Kier alpha value is -3.50. The minimum Gasteiger partial charge on any atom is -0.362 e. The number of rotatable bonds is 11. The second-order valence-corrected chi connectivity index (χ2v) is 7.97. The number of anilines is 1. The highest BCUT2D eigenvalue weighted by Gasteiger charge is 2.12. The molecule has 0 aliphatic carbocycles. The predicted molar refractivity (Wildman–Crippen MR) is 137 cm³/mol. The van der Waals surface area contributed by atoms with Crippen molar-refractivity contribution in [1.82, 2.24) is 35.2 Å². The van der Waals surface area contributed by atoms with Gasteiger partial charge in [-0.1, -0.05) is 38.3 Å². The van der Waals surface area contributed by atoms with Crippen molar-refractivity contribution in [3.8, 4) is 0 Å². The van der Waals surface area contributed by atoms with Crippen molar-refractivity contribution in [2.24, 2.45) is 0 Å². The quantitative estimate of drug-likeness (QED) is 0.269. The van der Waals surface area contributed by atoms with Crippen LogP contribution in [0.15, 0.2) is 37.8 Å². The van der Waals surface area contributed by atoms with Gasteiger partial charge in [0.05, 0.1) is 28.6 Å². The van der Waals surface area contributed by atoms with E-state index in [4.69, 9.17) is 0 Å². The molecule has 178 valence electrons. The Kier molecular flexibility index (Phi) is 9.36. The molecule has 0 aliphatic rings. The van der Waals surface area contributed by atoms with Gasteiger partial charge in [-0.25, -0.2) is 24.3 Å². The molecule has 0 aliphatic heterocycles. The number of hydrogen-bond acceptors (Lipinski definition) is 8. The van der Waals surface area contributed by atoms with Gasteiger partial charge < -0.3 is 15.6 Å². The molecule has 0 bridgehead atoms. The van der Waals surface area contributed by atoms with Gasteiger partial charge in [0, 0.05) is 32.1 Å². The maximum Gasteiger partial charge on any atom is 0.157 e. The first-order valence-electron chi connectivity index (χ1n) is 11.2. The second kappa shape index (κ2) is 12.7. The molecule has 0 aromatic carbocycles. The highest BCUT2D eigenvalue weighted by molar-refractivity contribution is 7.18. The zero-order chi connectivity index (χ0) is 24.3. The highest BCUT2D eigenvalue weighted by atomic mass is 32.1. The van der Waals surface area contributed by atoms with E-state index in [1.54, 1.807) is 24.4 Å². The molecule has 4 aromatic heterocycles. The molecule has 0 saturated carbocycles. The molecule has 0 fully saturated rings. The smallest absolute Gasteiger partial charge is 0.157 e. The summed E-state index contributed by atoms with van der Waals surface area (Å²) in [6, 6.07) is 2.95. The van der Waals surface area contributed by atoms with Gasteiger partial charge >= 0.3 is 0 Å². The van der Waals surface area contributed by atoms with Gasteiger partial charge in [0.1, 0.15) is 28.3 Å². The zero-order valence-electron chi connectivity index (χ0n) is 19.4. The van der Waals surface area contributed by atoms with E-state index < -0.39 is 0 Å². The summed E-state index contributed by atoms with van der Waals surface area (Å²) >= 11 is 1.53. The number of nitrogens with one attached hydrogen (secondary N) is 3. The molecule has 34 heavy (non-hydrogen) atoms. The fourth-order valence-corrected chi connectivity index (χ4v) is 4.06. The van der Waals surface area contributed by atoms with Crippen LogP contribution in [0.4, 0.5) is 10.2 Å². The fraction of sp³-hybridized carbons (Fsp3) is 0.292. The largest absolute Gasteiger partial charge is 0.362 e. The lowest BCUT2D eigenvalue weighted by atomic mass is 10.3. The Morgan fingerprint density at radius 2 is 1.91 bits per heavy atom. The van der Waals surface area contributed by atoms with Crippen molar-refractivity contribution in [2.45, 2.75) is 33.2 Å². The van der Waals surface area contributed by atoms with E-state index in [1.165, 1.54) is 23.7 Å². The summed E-state index contributed by atoms with van der Waals surface area (Å²) in [7, 11) is 0. The van der Waals surface area contributed by atoms with Gasteiger partial charge in [-0.2, -0.15) is 0 Å². The number of aromatic amines is 1. The van der Waals surface area contributed by atoms with Crippen LogP contribution < -0.4 is 10.6 Å². The molecule has 0 atom stereocenters. The van der Waals surface area contributed by atoms with Crippen molar-refractivity contribution in [1.29, 1.82) is 0 Å². The third-order valence-electron chi connectivity index (χ3n) is 4.76. The molecule has 3 N–H and O–H groups in total. The number of thiazole rings is 1. The molecule has 0 radical (unpaired) electrons. The lowest BCUT2D eigenvalue weighted by Crippen LogP contribution is -2.20. The minimum atomic E-state index is -0.355. The summed E-state index contributed by atoms with van der Waals surface area (Å²) in [5.41, 5.74) is 2.73. The molecule has 10 heteroatoms. The highest BCUT2D eigenvalue weighted by Crippen LogP contribution is 2.25. The number of aromatic nitrogens is 6. The minimum absolute atomic E-state index is 0.223. The number of fused-ring (bicyclic) bond motifs is 1. The van der Waals surface area contributed by atoms with E-state index in [-0.39, 0.29) is 12.4 Å². The number of imidazole rings is 1. The van der Waals surface area contributed by atoms with Gasteiger partial charge in [0.15, 0.2) is 5.82 Å². The Morgan fingerprint density at radius 3 is 2.65 bits per heavy atom. The van der Waals surface area contributed by atoms with Gasteiger partial charge in [-0.05, 0) is 24.3 Å². The van der Waals surface area contributed by atoms with Crippen LogP contribution in [0.25, 0.3) is 22.5 Å². The Labute approximate surface area is 202 Å². The van der Waals surface area contributed by atoms with E-state index in [2.05, 4.69) is 53.7 Å². The van der Waals surface area contributed by atoms with Crippen LogP contribution in [0.1, 0.15) is 41.8 Å². The maximum absolute atomic E-state index is 13.8. The zero-order valence-corrected chi connectivity index (χ0v) is 20.3. The average molecular weight is 481 g/mol. The van der Waals surface area contributed by atoms with E-state index in [0.29, 0.717) is 17.0 Å². The van der Waals surface area contributed by atoms with Crippen molar-refractivity contribution in [3.05, 3.63) is 71.5 Å². The molecule has 8 nitrogen and oxygen atoms in total. The normalized spacial score (nSPS) is 10.6. The van der Waals surface area contributed by atoms with Gasteiger partial charge in [0.2, 0.25) is 0 Å². The van der Waals surface area contributed by atoms with Crippen LogP contribution in [-0.2, 0) is 19.4 Å². The molecule has 0 spiro atoms. The van der Waals surface area contributed by atoms with Crippen LogP contribution in [0.3, 0.4) is 0 Å². The summed E-state index contributed by atoms with van der Waals surface area (Å²) in [6.45, 7) is 13.3. The van der Waals surface area contributed by atoms with E-state index in [1.807, 2.05) is 13.8 Å². The second-order valence-electron chi connectivity index (χ2n) is 6.91. The molecular weight excluding hydrogens is 451 g/mol. The first-order valence-corrected chi connectivity index (χ1v) is 12.0. The van der Waals surface area contributed by atoms with Crippen molar-refractivity contribution in [2.75, 3.05) is 18.4 Å². The molecule has 0 saturated heterocycles. The standard InChI is InChI=1S/C22H23FN8S.C2H6/c1-3-15-16(4-2)30-18(29-15)7-10-24-11-8-19-31-20-21(27-13-28-22(20)32-19)26-12-17-14(23)6-5-9-25-17;1-2/h3-6,9,13,24H,1-2,7-8,10-12H2,(H,29,30)(H,26,27,28);1-2H3.